The number of benzene rings is 10. The molecular weight excluding hydrogens is 981 g/mol. The van der Waals surface area contributed by atoms with Gasteiger partial charge in [0.1, 0.15) is 0 Å². The first-order valence-corrected chi connectivity index (χ1v) is 25.4. The van der Waals surface area contributed by atoms with Gasteiger partial charge in [-0.2, -0.15) is 15.8 Å². The van der Waals surface area contributed by atoms with Crippen LogP contribution in [0.2, 0.25) is 0 Å². The van der Waals surface area contributed by atoms with Gasteiger partial charge in [0.2, 0.25) is 0 Å². The largest absolute Gasteiger partial charge is 0.309 e. The highest BCUT2D eigenvalue weighted by Crippen LogP contribution is 2.46. The van der Waals surface area contributed by atoms with Crippen LogP contribution < -0.4 is 0 Å². The standard InChI is InChI=1S/C70H36N10/c1-74-51-34-50(42-73)69(61(38-51)76-3)48-28-31-67-57(37-48)56-36-47(68-49(41-72)32-43(40-71)33-60(68)75-2)27-30-66(56)80(67)65-29-26-46(59-39-58(44-16-6-4-7-17-44)77-70(78-59)45-18-8-5-9-19-45)35-55(65)54-22-12-15-25-64(54)79-62-23-13-10-20-52(62)53-21-11-14-24-63(53)79/h4-39H. The van der Waals surface area contributed by atoms with E-state index in [2.05, 4.69) is 133 Å². The van der Waals surface area contributed by atoms with Crippen molar-refractivity contribution in [1.29, 1.82) is 15.8 Å². The molecule has 3 heterocycles. The van der Waals surface area contributed by atoms with Crippen LogP contribution in [0.5, 0.6) is 0 Å². The van der Waals surface area contributed by atoms with Crippen molar-refractivity contribution in [2.75, 3.05) is 0 Å². The lowest BCUT2D eigenvalue weighted by Gasteiger charge is -2.20. The zero-order valence-electron chi connectivity index (χ0n) is 42.3. The number of nitrogens with zero attached hydrogens (tertiary/aromatic N) is 10. The molecule has 0 saturated heterocycles. The van der Waals surface area contributed by atoms with Crippen molar-refractivity contribution in [3.63, 3.8) is 0 Å². The van der Waals surface area contributed by atoms with Crippen molar-refractivity contribution in [1.82, 2.24) is 19.1 Å². The Kier molecular flexibility index (Phi) is 11.6. The highest BCUT2D eigenvalue weighted by molar-refractivity contribution is 6.14. The van der Waals surface area contributed by atoms with Gasteiger partial charge in [-0.05, 0) is 90.0 Å². The monoisotopic (exact) mass is 1020 g/mol. The van der Waals surface area contributed by atoms with E-state index in [-0.39, 0.29) is 33.8 Å². The third-order valence-electron chi connectivity index (χ3n) is 14.7. The number of fused-ring (bicyclic) bond motifs is 6. The lowest BCUT2D eigenvalue weighted by Crippen LogP contribution is -2.02. The Balaban J connectivity index is 1.14. The summed E-state index contributed by atoms with van der Waals surface area (Å²) in [5, 5.41) is 34.7. The summed E-state index contributed by atoms with van der Waals surface area (Å²) in [7, 11) is 0. The Morgan fingerprint density at radius 2 is 0.863 bits per heavy atom. The first-order chi connectivity index (χ1) is 39.4. The highest BCUT2D eigenvalue weighted by Gasteiger charge is 2.24. The van der Waals surface area contributed by atoms with Gasteiger partial charge < -0.3 is 9.13 Å². The van der Waals surface area contributed by atoms with Gasteiger partial charge >= 0.3 is 0 Å². The highest BCUT2D eigenvalue weighted by atomic mass is 15.0. The molecular formula is C70H36N10. The fourth-order valence-corrected chi connectivity index (χ4v) is 11.2. The minimum atomic E-state index is 0.166. The van der Waals surface area contributed by atoms with Crippen LogP contribution in [0.3, 0.4) is 0 Å². The maximum atomic E-state index is 10.5. The van der Waals surface area contributed by atoms with Crippen LogP contribution in [0.25, 0.3) is 137 Å². The van der Waals surface area contributed by atoms with Crippen LogP contribution in [-0.4, -0.2) is 19.1 Å². The second kappa shape index (κ2) is 19.5. The van der Waals surface area contributed by atoms with Gasteiger partial charge in [0.15, 0.2) is 22.9 Å². The second-order valence-corrected chi connectivity index (χ2v) is 19.1. The molecule has 0 aliphatic rings. The number of nitriles is 3. The fourth-order valence-electron chi connectivity index (χ4n) is 11.2. The van der Waals surface area contributed by atoms with Gasteiger partial charge in [0.25, 0.3) is 0 Å². The zero-order valence-corrected chi connectivity index (χ0v) is 42.3. The number of aromatic nitrogens is 4. The topological polar surface area (TPSA) is 120 Å². The predicted octanol–water partition coefficient (Wildman–Crippen LogP) is 17.9. The molecule has 10 aromatic carbocycles. The van der Waals surface area contributed by atoms with Crippen molar-refractivity contribution in [2.45, 2.75) is 0 Å². The van der Waals surface area contributed by atoms with E-state index in [0.717, 1.165) is 94.2 Å². The molecule has 0 spiro atoms. The van der Waals surface area contributed by atoms with Crippen LogP contribution in [0.1, 0.15) is 16.7 Å². The summed E-state index contributed by atoms with van der Waals surface area (Å²) in [6.07, 6.45) is 0. The molecule has 13 rings (SSSR count). The van der Waals surface area contributed by atoms with E-state index < -0.39 is 0 Å². The number of hydrogen-bond acceptors (Lipinski definition) is 5. The van der Waals surface area contributed by atoms with E-state index in [9.17, 15) is 15.8 Å². The Morgan fingerprint density at radius 3 is 1.45 bits per heavy atom. The molecule has 0 atom stereocenters. The summed E-state index contributed by atoms with van der Waals surface area (Å²) in [4.78, 5) is 21.6. The number of hydrogen-bond donors (Lipinski definition) is 0. The molecule has 3 aromatic heterocycles. The summed E-state index contributed by atoms with van der Waals surface area (Å²) in [5.74, 6) is 0.583. The van der Waals surface area contributed by atoms with Crippen molar-refractivity contribution >= 4 is 60.7 Å². The van der Waals surface area contributed by atoms with Crippen LogP contribution in [-0.2, 0) is 0 Å². The third kappa shape index (κ3) is 7.84. The van der Waals surface area contributed by atoms with E-state index in [0.29, 0.717) is 28.1 Å². The molecule has 0 radical (unpaired) electrons. The Labute approximate surface area is 459 Å². The van der Waals surface area contributed by atoms with Gasteiger partial charge in [0.05, 0.1) is 88.3 Å². The molecule has 0 fully saturated rings. The van der Waals surface area contributed by atoms with Crippen LogP contribution in [0.15, 0.2) is 218 Å². The average Bonchev–Trinajstić information content (AvgIpc) is 4.10. The summed E-state index contributed by atoms with van der Waals surface area (Å²) in [5.41, 5.74) is 14.5. The molecule has 0 N–H and O–H groups in total. The molecule has 10 nitrogen and oxygen atoms in total. The maximum absolute atomic E-state index is 10.5. The molecule has 0 aliphatic carbocycles. The van der Waals surface area contributed by atoms with Gasteiger partial charge in [-0.25, -0.2) is 24.5 Å². The molecule has 0 aliphatic heterocycles. The van der Waals surface area contributed by atoms with E-state index in [1.54, 1.807) is 0 Å². The first-order valence-electron chi connectivity index (χ1n) is 25.4. The van der Waals surface area contributed by atoms with Crippen molar-refractivity contribution in [3.8, 4) is 96.9 Å². The molecule has 0 amide bonds. The number of para-hydroxylation sites is 3. The lowest BCUT2D eigenvalue weighted by atomic mass is 9.94. The molecule has 0 unspecified atom stereocenters. The quantitative estimate of drug-likeness (QED) is 0.140. The van der Waals surface area contributed by atoms with Gasteiger partial charge in [-0.1, -0.05) is 140 Å². The molecule has 366 valence electrons. The van der Waals surface area contributed by atoms with Crippen molar-refractivity contribution in [2.24, 2.45) is 0 Å². The minimum Gasteiger partial charge on any atom is -0.309 e. The summed E-state index contributed by atoms with van der Waals surface area (Å²) in [6.45, 7) is 24.1. The SMILES string of the molecule is [C-]#[N+]c1cc(C#N)c(-c2ccc3c(c2)c2cc(-c4c(C#N)cc(C#N)cc4[N+]#[C-])ccc2n3-c2ccc(-c3cc(-c4ccccc4)nc(-c4ccccc4)n3)cc2-c2ccccc2-n2c3ccccc3c3ccccc32)c([N+]#[C-])c1. The number of rotatable bonds is 8. The van der Waals surface area contributed by atoms with Gasteiger partial charge in [-0.15, -0.1) is 0 Å². The zero-order chi connectivity index (χ0) is 54.4. The maximum Gasteiger partial charge on any atom is 0.197 e. The molecule has 0 bridgehead atoms. The minimum absolute atomic E-state index is 0.166. The summed E-state index contributed by atoms with van der Waals surface area (Å²) < 4.78 is 4.54. The molecule has 13 aromatic rings. The van der Waals surface area contributed by atoms with E-state index in [1.165, 1.54) is 24.3 Å². The Morgan fingerprint density at radius 1 is 0.362 bits per heavy atom. The second-order valence-electron chi connectivity index (χ2n) is 19.1. The van der Waals surface area contributed by atoms with E-state index in [4.69, 9.17) is 29.7 Å². The smallest absolute Gasteiger partial charge is 0.197 e. The fraction of sp³-hybridized carbons (Fsp3) is 0. The van der Waals surface area contributed by atoms with Crippen molar-refractivity contribution in [3.05, 3.63) is 269 Å². The Bertz CT molecular complexity index is 4690. The van der Waals surface area contributed by atoms with E-state index in [1.807, 2.05) is 103 Å². The average molecular weight is 1020 g/mol. The first kappa shape index (κ1) is 47.5. The van der Waals surface area contributed by atoms with Crippen LogP contribution in [0.4, 0.5) is 17.1 Å². The van der Waals surface area contributed by atoms with E-state index >= 15 is 0 Å². The molecule has 10 heteroatoms. The summed E-state index contributed by atoms with van der Waals surface area (Å²) >= 11 is 0. The Hall–Kier alpha value is -12.2. The molecule has 0 saturated carbocycles. The van der Waals surface area contributed by atoms with Crippen LogP contribution in [0, 0.1) is 53.7 Å². The van der Waals surface area contributed by atoms with Crippen molar-refractivity contribution < 1.29 is 0 Å². The summed E-state index contributed by atoms with van der Waals surface area (Å²) in [6, 6.07) is 78.2. The van der Waals surface area contributed by atoms with Gasteiger partial charge in [0, 0.05) is 71.6 Å². The predicted molar refractivity (Wildman–Crippen MR) is 316 cm³/mol. The molecule has 80 heavy (non-hydrogen) atoms. The lowest BCUT2D eigenvalue weighted by molar-refractivity contribution is 1.16. The normalized spacial score (nSPS) is 10.9. The third-order valence-corrected chi connectivity index (χ3v) is 14.7. The van der Waals surface area contributed by atoms with Gasteiger partial charge in [-0.3, -0.25) is 0 Å². The van der Waals surface area contributed by atoms with Crippen LogP contribution >= 0.6 is 0 Å².